The Morgan fingerprint density at radius 2 is 1.73 bits per heavy atom. The number of amides is 1. The van der Waals surface area contributed by atoms with E-state index in [0.717, 1.165) is 43.1 Å². The lowest BCUT2D eigenvalue weighted by molar-refractivity contribution is -0.252. The first kappa shape index (κ1) is 44.1. The van der Waals surface area contributed by atoms with Gasteiger partial charge < -0.3 is 38.9 Å². The molecule has 3 aliphatic rings. The van der Waals surface area contributed by atoms with Crippen LogP contribution in [0.3, 0.4) is 0 Å². The number of aliphatic hydroxyl groups excluding tert-OH is 2. The van der Waals surface area contributed by atoms with Crippen LogP contribution in [0.2, 0.25) is 0 Å². The van der Waals surface area contributed by atoms with Gasteiger partial charge in [0.25, 0.3) is 5.91 Å². The molecular formula is C48H57N3O9. The number of carbonyl (C=O) groups excluding carboxylic acids is 2. The molecule has 3 aromatic carbocycles. The molecule has 3 aromatic rings. The van der Waals surface area contributed by atoms with Crippen molar-refractivity contribution in [3.05, 3.63) is 107 Å². The number of oxime groups is 1. The SMILES string of the molecule is C=CCO[C@@]12Oc3ccc(Oc4ccc(OC)c(C=O)c4)cc3[C@H]3[C@H](CCCCO)[C@@H](CCCCO)C=C(C(=NOC(C)(C)C)C[C@@H]1N(C)C(=O)c1ccc(C#N)cc1)[C@H]32. The van der Waals surface area contributed by atoms with E-state index in [4.69, 9.17) is 28.9 Å². The number of hydrogen-bond donors (Lipinski definition) is 2. The molecule has 1 fully saturated rings. The van der Waals surface area contributed by atoms with Crippen molar-refractivity contribution in [2.75, 3.05) is 34.0 Å². The molecule has 0 aromatic heterocycles. The first-order valence-electron chi connectivity index (χ1n) is 20.8. The number of methoxy groups -OCH3 is 1. The number of likely N-dealkylation sites (N-methyl/N-ethyl adjacent to an activating group) is 1. The van der Waals surface area contributed by atoms with Crippen LogP contribution < -0.4 is 14.2 Å². The van der Waals surface area contributed by atoms with E-state index in [0.29, 0.717) is 58.2 Å². The first-order valence-corrected chi connectivity index (χ1v) is 20.8. The normalized spacial score (nSPS) is 23.5. The molecule has 12 nitrogen and oxygen atoms in total. The van der Waals surface area contributed by atoms with Gasteiger partial charge in [-0.3, -0.25) is 9.59 Å². The smallest absolute Gasteiger partial charge is 0.254 e. The van der Waals surface area contributed by atoms with E-state index in [1.54, 1.807) is 60.5 Å². The van der Waals surface area contributed by atoms with E-state index in [1.807, 2.05) is 39.0 Å². The van der Waals surface area contributed by atoms with Crippen molar-refractivity contribution < 1.29 is 43.6 Å². The van der Waals surface area contributed by atoms with Crippen LogP contribution in [-0.4, -0.2) is 84.4 Å². The van der Waals surface area contributed by atoms with Gasteiger partial charge in [0.1, 0.15) is 34.6 Å². The molecule has 0 radical (unpaired) electrons. The molecule has 1 heterocycles. The minimum absolute atomic E-state index is 0.0133. The van der Waals surface area contributed by atoms with Gasteiger partial charge in [-0.15, -0.1) is 6.58 Å². The summed E-state index contributed by atoms with van der Waals surface area (Å²) in [6.07, 6.45) is 9.38. The fourth-order valence-corrected chi connectivity index (χ4v) is 9.02. The Morgan fingerprint density at radius 1 is 1.03 bits per heavy atom. The Kier molecular flexibility index (Phi) is 14.2. The number of hydrogen-bond acceptors (Lipinski definition) is 11. The Morgan fingerprint density at radius 3 is 2.38 bits per heavy atom. The van der Waals surface area contributed by atoms with Crippen LogP contribution in [0, 0.1) is 29.1 Å². The summed E-state index contributed by atoms with van der Waals surface area (Å²) in [5.74, 6) is -0.415. The molecule has 60 heavy (non-hydrogen) atoms. The van der Waals surface area contributed by atoms with Gasteiger partial charge in [-0.1, -0.05) is 30.1 Å². The summed E-state index contributed by atoms with van der Waals surface area (Å²) in [6, 6.07) is 18.7. The van der Waals surface area contributed by atoms with Crippen molar-refractivity contribution in [2.45, 2.75) is 89.1 Å². The van der Waals surface area contributed by atoms with Gasteiger partial charge in [-0.05, 0) is 125 Å². The number of rotatable bonds is 18. The fraction of sp³-hybridized carbons (Fsp3) is 0.458. The standard InChI is InChI=1S/C48H57N3O9/c1-7-24-57-48-43(51(5)46(55)32-16-14-31(29-49)15-17-32)28-40(50-60-47(2,3)4)38-26-33(12-8-10-22-52)37(13-9-11-23-53)44(45(38)48)39-27-36(19-21-42(39)59-48)58-35-18-20-41(56-6)34(25-35)30-54/h7,14-21,25-27,30,33,37,43-45,52-53H,1,8-13,22-24,28H2,2-6H3/t33-,37+,43-,44+,45+,48+/m0/s1. The highest BCUT2D eigenvalue weighted by molar-refractivity contribution is 6.03. The molecule has 2 N–H and O–H groups in total. The lowest BCUT2D eigenvalue weighted by atomic mass is 9.55. The minimum Gasteiger partial charge on any atom is -0.496 e. The summed E-state index contributed by atoms with van der Waals surface area (Å²) < 4.78 is 26.0. The average molecular weight is 820 g/mol. The van der Waals surface area contributed by atoms with Crippen LogP contribution in [0.4, 0.5) is 0 Å². The van der Waals surface area contributed by atoms with Crippen molar-refractivity contribution in [2.24, 2.45) is 22.9 Å². The Hall–Kier alpha value is -5.48. The number of ether oxygens (including phenoxy) is 4. The van der Waals surface area contributed by atoms with Crippen molar-refractivity contribution >= 4 is 17.9 Å². The zero-order valence-electron chi connectivity index (χ0n) is 35.3. The summed E-state index contributed by atoms with van der Waals surface area (Å²) in [5.41, 5.74) is 3.08. The molecule has 1 amide bonds. The summed E-state index contributed by atoms with van der Waals surface area (Å²) in [5, 5.41) is 34.1. The zero-order chi connectivity index (χ0) is 43.0. The third-order valence-electron chi connectivity index (χ3n) is 11.7. The maximum atomic E-state index is 14.5. The highest BCUT2D eigenvalue weighted by Crippen LogP contribution is 2.62. The second-order valence-electron chi connectivity index (χ2n) is 16.7. The molecule has 6 atom stereocenters. The fourth-order valence-electron chi connectivity index (χ4n) is 9.02. The van der Waals surface area contributed by atoms with Gasteiger partial charge in [-0.2, -0.15) is 5.26 Å². The second kappa shape index (κ2) is 19.3. The van der Waals surface area contributed by atoms with Crippen molar-refractivity contribution in [3.63, 3.8) is 0 Å². The van der Waals surface area contributed by atoms with Crippen LogP contribution >= 0.6 is 0 Å². The molecule has 0 saturated heterocycles. The third-order valence-corrected chi connectivity index (χ3v) is 11.7. The number of allylic oxidation sites excluding steroid dienone is 1. The van der Waals surface area contributed by atoms with Gasteiger partial charge >= 0.3 is 0 Å². The van der Waals surface area contributed by atoms with Crippen LogP contribution in [0.1, 0.15) is 103 Å². The number of aldehydes is 1. The first-order chi connectivity index (χ1) is 28.9. The van der Waals surface area contributed by atoms with Crippen LogP contribution in [0.15, 0.2) is 90.1 Å². The molecule has 6 rings (SSSR count). The number of fused-ring (bicyclic) bond motifs is 2. The summed E-state index contributed by atoms with van der Waals surface area (Å²) in [7, 11) is 3.25. The van der Waals surface area contributed by atoms with Gasteiger partial charge in [-0.25, -0.2) is 0 Å². The largest absolute Gasteiger partial charge is 0.496 e. The lowest BCUT2D eigenvalue weighted by Gasteiger charge is -2.59. The van der Waals surface area contributed by atoms with E-state index in [1.165, 1.54) is 7.11 Å². The third kappa shape index (κ3) is 9.29. The Labute approximate surface area is 353 Å². The number of carbonyl (C=O) groups is 2. The predicted molar refractivity (Wildman–Crippen MR) is 228 cm³/mol. The van der Waals surface area contributed by atoms with E-state index < -0.39 is 23.3 Å². The van der Waals surface area contributed by atoms with Crippen LogP contribution in [0.25, 0.3) is 0 Å². The molecule has 0 bridgehead atoms. The minimum atomic E-state index is -1.43. The molecular weight excluding hydrogens is 763 g/mol. The van der Waals surface area contributed by atoms with E-state index in [2.05, 4.69) is 18.7 Å². The summed E-state index contributed by atoms with van der Waals surface area (Å²) in [6.45, 7) is 10.1. The van der Waals surface area contributed by atoms with Crippen LogP contribution in [-0.2, 0) is 9.57 Å². The maximum absolute atomic E-state index is 14.5. The van der Waals surface area contributed by atoms with Gasteiger partial charge in [0.05, 0.1) is 42.5 Å². The van der Waals surface area contributed by atoms with E-state index >= 15 is 0 Å². The Balaban J connectivity index is 1.58. The highest BCUT2D eigenvalue weighted by atomic mass is 16.7. The monoisotopic (exact) mass is 819 g/mol. The van der Waals surface area contributed by atoms with E-state index in [9.17, 15) is 25.1 Å². The number of unbranched alkanes of at least 4 members (excludes halogenated alkanes) is 2. The number of nitrogens with zero attached hydrogens (tertiary/aromatic N) is 3. The molecule has 0 unspecified atom stereocenters. The molecule has 2 aliphatic carbocycles. The van der Waals surface area contributed by atoms with Gasteiger partial charge in [0.15, 0.2) is 6.29 Å². The molecule has 12 heteroatoms. The molecule has 318 valence electrons. The Bertz CT molecular complexity index is 2120. The summed E-state index contributed by atoms with van der Waals surface area (Å²) in [4.78, 5) is 34.3. The molecule has 0 spiro atoms. The average Bonchev–Trinajstić information content (AvgIpc) is 3.25. The summed E-state index contributed by atoms with van der Waals surface area (Å²) >= 11 is 0. The van der Waals surface area contributed by atoms with E-state index in [-0.39, 0.29) is 49.9 Å². The topological polar surface area (TPSA) is 160 Å². The van der Waals surface area contributed by atoms with Crippen molar-refractivity contribution in [3.8, 4) is 29.1 Å². The quantitative estimate of drug-likeness (QED) is 0.0553. The molecule has 1 saturated carbocycles. The lowest BCUT2D eigenvalue weighted by Crippen LogP contribution is -2.69. The molecule has 1 aliphatic heterocycles. The second-order valence-corrected chi connectivity index (χ2v) is 16.7. The van der Waals surface area contributed by atoms with Crippen LogP contribution in [0.5, 0.6) is 23.0 Å². The number of aliphatic hydroxyl groups is 2. The number of benzene rings is 3. The van der Waals surface area contributed by atoms with Crippen molar-refractivity contribution in [1.29, 1.82) is 5.26 Å². The van der Waals surface area contributed by atoms with Crippen molar-refractivity contribution in [1.82, 2.24) is 4.90 Å². The maximum Gasteiger partial charge on any atom is 0.254 e. The predicted octanol–water partition coefficient (Wildman–Crippen LogP) is 8.38. The highest BCUT2D eigenvalue weighted by Gasteiger charge is 2.65. The number of nitriles is 1. The van der Waals surface area contributed by atoms with Gasteiger partial charge in [0, 0.05) is 43.7 Å². The van der Waals surface area contributed by atoms with Gasteiger partial charge in [0.2, 0.25) is 5.79 Å². The zero-order valence-corrected chi connectivity index (χ0v) is 35.3.